The molecule has 0 saturated heterocycles. The van der Waals surface area contributed by atoms with Gasteiger partial charge in [-0.25, -0.2) is 14.8 Å². The molecule has 1 aliphatic carbocycles. The van der Waals surface area contributed by atoms with E-state index < -0.39 is 0 Å². The van der Waals surface area contributed by atoms with E-state index >= 15 is 0 Å². The second kappa shape index (κ2) is 6.44. The zero-order valence-electron chi connectivity index (χ0n) is 13.9. The van der Waals surface area contributed by atoms with Gasteiger partial charge in [-0.15, -0.1) is 0 Å². The molecule has 0 radical (unpaired) electrons. The standard InChI is InChI=1S/C16H24N6O/c1-12-17-7-9-22(12)11-10-21(3)16(23)19-14(13-4-5-13)15-18-6-8-20(15)2/h6-9,13-14H,4-5,10-11H2,1-3H3,(H,19,23)/t14-/m0/s1. The third kappa shape index (κ3) is 3.55. The first kappa shape index (κ1) is 15.6. The molecule has 1 N–H and O–H groups in total. The van der Waals surface area contributed by atoms with Crippen molar-refractivity contribution in [2.45, 2.75) is 32.4 Å². The maximum atomic E-state index is 12.5. The quantitative estimate of drug-likeness (QED) is 0.882. The molecule has 124 valence electrons. The van der Waals surface area contributed by atoms with Gasteiger partial charge in [0.1, 0.15) is 11.6 Å². The summed E-state index contributed by atoms with van der Waals surface area (Å²) in [5.41, 5.74) is 0. The van der Waals surface area contributed by atoms with Crippen LogP contribution in [-0.4, -0.2) is 43.6 Å². The number of aromatic nitrogens is 4. The van der Waals surface area contributed by atoms with E-state index in [1.807, 2.05) is 42.5 Å². The highest BCUT2D eigenvalue weighted by molar-refractivity contribution is 5.74. The van der Waals surface area contributed by atoms with Crippen LogP contribution in [0, 0.1) is 12.8 Å². The van der Waals surface area contributed by atoms with Crippen molar-refractivity contribution in [2.24, 2.45) is 13.0 Å². The van der Waals surface area contributed by atoms with E-state index in [2.05, 4.69) is 15.3 Å². The fraction of sp³-hybridized carbons (Fsp3) is 0.562. The SMILES string of the molecule is Cc1nccn1CCN(C)C(=O)N[C@H](c1nccn1C)C1CC1. The Bertz CT molecular complexity index is 672. The van der Waals surface area contributed by atoms with Crippen LogP contribution < -0.4 is 5.32 Å². The van der Waals surface area contributed by atoms with Crippen molar-refractivity contribution >= 4 is 6.03 Å². The fourth-order valence-corrected chi connectivity index (χ4v) is 2.74. The van der Waals surface area contributed by atoms with Crippen LogP contribution in [0.2, 0.25) is 0 Å². The third-order valence-electron chi connectivity index (χ3n) is 4.46. The van der Waals surface area contributed by atoms with Gasteiger partial charge in [-0.1, -0.05) is 0 Å². The molecule has 1 saturated carbocycles. The van der Waals surface area contributed by atoms with Crippen molar-refractivity contribution < 1.29 is 4.79 Å². The van der Waals surface area contributed by atoms with Crippen molar-refractivity contribution in [3.8, 4) is 0 Å². The highest BCUT2D eigenvalue weighted by atomic mass is 16.2. The van der Waals surface area contributed by atoms with Gasteiger partial charge in [0.05, 0.1) is 6.04 Å². The normalized spacial score (nSPS) is 15.4. The highest BCUT2D eigenvalue weighted by Crippen LogP contribution is 2.40. The summed E-state index contributed by atoms with van der Waals surface area (Å²) in [5.74, 6) is 2.40. The minimum absolute atomic E-state index is 0.0000638. The number of hydrogen-bond acceptors (Lipinski definition) is 3. The molecule has 1 fully saturated rings. The molecule has 2 aromatic rings. The molecule has 0 aromatic carbocycles. The lowest BCUT2D eigenvalue weighted by Gasteiger charge is -2.23. The van der Waals surface area contributed by atoms with Crippen LogP contribution in [-0.2, 0) is 13.6 Å². The zero-order valence-corrected chi connectivity index (χ0v) is 13.9. The van der Waals surface area contributed by atoms with Crippen molar-refractivity contribution in [3.05, 3.63) is 36.4 Å². The molecule has 1 aliphatic rings. The monoisotopic (exact) mass is 316 g/mol. The fourth-order valence-electron chi connectivity index (χ4n) is 2.74. The summed E-state index contributed by atoms with van der Waals surface area (Å²) in [4.78, 5) is 22.8. The van der Waals surface area contributed by atoms with Crippen LogP contribution in [0.1, 0.15) is 30.5 Å². The number of carbonyl (C=O) groups excluding carboxylic acids is 1. The number of likely N-dealkylation sites (N-methyl/N-ethyl adjacent to an activating group) is 1. The lowest BCUT2D eigenvalue weighted by Crippen LogP contribution is -2.42. The van der Waals surface area contributed by atoms with Crippen LogP contribution in [0.15, 0.2) is 24.8 Å². The zero-order chi connectivity index (χ0) is 16.4. The van der Waals surface area contributed by atoms with Crippen LogP contribution >= 0.6 is 0 Å². The van der Waals surface area contributed by atoms with Gasteiger partial charge in [-0.3, -0.25) is 0 Å². The smallest absolute Gasteiger partial charge is 0.317 e. The summed E-state index contributed by atoms with van der Waals surface area (Å²) >= 11 is 0. The van der Waals surface area contributed by atoms with Crippen molar-refractivity contribution in [1.82, 2.24) is 29.3 Å². The Morgan fingerprint density at radius 2 is 2.13 bits per heavy atom. The summed E-state index contributed by atoms with van der Waals surface area (Å²) < 4.78 is 4.03. The Balaban J connectivity index is 1.58. The van der Waals surface area contributed by atoms with Gasteiger partial charge in [0, 0.05) is 52.0 Å². The van der Waals surface area contributed by atoms with Crippen LogP contribution in [0.3, 0.4) is 0 Å². The maximum Gasteiger partial charge on any atom is 0.317 e. The molecule has 0 aliphatic heterocycles. The van der Waals surface area contributed by atoms with E-state index in [1.54, 1.807) is 17.3 Å². The lowest BCUT2D eigenvalue weighted by atomic mass is 10.1. The van der Waals surface area contributed by atoms with Gasteiger partial charge >= 0.3 is 6.03 Å². The number of hydrogen-bond donors (Lipinski definition) is 1. The number of imidazole rings is 2. The number of nitrogens with one attached hydrogen (secondary N) is 1. The maximum absolute atomic E-state index is 12.5. The summed E-state index contributed by atoms with van der Waals surface area (Å²) in [5, 5.41) is 3.15. The molecule has 3 rings (SSSR count). The Hall–Kier alpha value is -2.31. The Labute approximate surface area is 136 Å². The summed E-state index contributed by atoms with van der Waals surface area (Å²) in [6, 6.07) is -0.0531. The number of urea groups is 1. The van der Waals surface area contributed by atoms with E-state index in [9.17, 15) is 4.79 Å². The molecule has 7 heteroatoms. The molecule has 2 amide bonds. The van der Waals surface area contributed by atoms with Gasteiger partial charge in [0.15, 0.2) is 0 Å². The molecule has 0 unspecified atom stereocenters. The van der Waals surface area contributed by atoms with Gasteiger partial charge < -0.3 is 19.4 Å². The summed E-state index contributed by atoms with van der Waals surface area (Å²) in [6.45, 7) is 3.34. The molecule has 2 aromatic heterocycles. The van der Waals surface area contributed by atoms with E-state index in [4.69, 9.17) is 0 Å². The number of aryl methyl sites for hydroxylation is 2. The Morgan fingerprint density at radius 1 is 1.39 bits per heavy atom. The Morgan fingerprint density at radius 3 is 2.70 bits per heavy atom. The molecule has 23 heavy (non-hydrogen) atoms. The van der Waals surface area contributed by atoms with Crippen LogP contribution in [0.25, 0.3) is 0 Å². The molecule has 0 spiro atoms. The molecular weight excluding hydrogens is 292 g/mol. The average Bonchev–Trinajstić information content (AvgIpc) is 3.16. The molecule has 7 nitrogen and oxygen atoms in total. The minimum atomic E-state index is -0.0531. The van der Waals surface area contributed by atoms with Crippen molar-refractivity contribution in [2.75, 3.05) is 13.6 Å². The van der Waals surface area contributed by atoms with E-state index in [-0.39, 0.29) is 12.1 Å². The number of nitrogens with zero attached hydrogens (tertiary/aromatic N) is 5. The topological polar surface area (TPSA) is 68.0 Å². The first-order chi connectivity index (χ1) is 11.1. The summed E-state index contributed by atoms with van der Waals surface area (Å²) in [6.07, 6.45) is 9.71. The largest absolute Gasteiger partial charge is 0.336 e. The molecule has 2 heterocycles. The lowest BCUT2D eigenvalue weighted by molar-refractivity contribution is 0.200. The average molecular weight is 316 g/mol. The van der Waals surface area contributed by atoms with Crippen molar-refractivity contribution in [1.29, 1.82) is 0 Å². The van der Waals surface area contributed by atoms with Crippen LogP contribution in [0.4, 0.5) is 4.79 Å². The number of rotatable bonds is 6. The second-order valence-electron chi connectivity index (χ2n) is 6.25. The number of carbonyl (C=O) groups is 1. The predicted molar refractivity (Wildman–Crippen MR) is 86.8 cm³/mol. The molecule has 0 bridgehead atoms. The van der Waals surface area contributed by atoms with E-state index in [0.717, 1.165) is 31.0 Å². The van der Waals surface area contributed by atoms with Crippen LogP contribution in [0.5, 0.6) is 0 Å². The Kier molecular flexibility index (Phi) is 4.36. The van der Waals surface area contributed by atoms with Gasteiger partial charge in [0.25, 0.3) is 0 Å². The van der Waals surface area contributed by atoms with E-state index in [1.165, 1.54) is 0 Å². The first-order valence-corrected chi connectivity index (χ1v) is 8.03. The summed E-state index contributed by atoms with van der Waals surface area (Å²) in [7, 11) is 3.79. The van der Waals surface area contributed by atoms with E-state index in [0.29, 0.717) is 12.5 Å². The second-order valence-corrected chi connectivity index (χ2v) is 6.25. The van der Waals surface area contributed by atoms with Crippen molar-refractivity contribution in [3.63, 3.8) is 0 Å². The number of amides is 2. The predicted octanol–water partition coefficient (Wildman–Crippen LogP) is 1.72. The third-order valence-corrected chi connectivity index (χ3v) is 4.46. The first-order valence-electron chi connectivity index (χ1n) is 8.03. The highest BCUT2D eigenvalue weighted by Gasteiger charge is 2.36. The minimum Gasteiger partial charge on any atom is -0.336 e. The molecule has 1 atom stereocenters. The van der Waals surface area contributed by atoms with Gasteiger partial charge in [-0.05, 0) is 25.7 Å². The van der Waals surface area contributed by atoms with Gasteiger partial charge in [0.2, 0.25) is 0 Å². The molecular formula is C16H24N6O. The van der Waals surface area contributed by atoms with Gasteiger partial charge in [-0.2, -0.15) is 0 Å².